The fourth-order valence-corrected chi connectivity index (χ4v) is 3.12. The Hall–Kier alpha value is -1.02. The third-order valence-electron chi connectivity index (χ3n) is 4.54. The quantitative estimate of drug-likeness (QED) is 0.882. The highest BCUT2D eigenvalue weighted by Crippen LogP contribution is 2.30. The molecule has 1 unspecified atom stereocenters. The molecule has 1 aliphatic rings. The maximum atomic E-state index is 6.27. The summed E-state index contributed by atoms with van der Waals surface area (Å²) < 4.78 is 0. The molecule has 2 rings (SSSR count). The smallest absolute Gasteiger partial charge is 0.0414 e. The molecule has 0 saturated carbocycles. The minimum absolute atomic E-state index is 0.168. The molecule has 19 heavy (non-hydrogen) atoms. The average Bonchev–Trinajstić information content (AvgIpc) is 2.71. The van der Waals surface area contributed by atoms with Gasteiger partial charge in [-0.2, -0.15) is 0 Å². The van der Waals surface area contributed by atoms with Crippen LogP contribution < -0.4 is 10.6 Å². The van der Waals surface area contributed by atoms with E-state index in [1.165, 1.54) is 50.0 Å². The molecule has 0 amide bonds. The Morgan fingerprint density at radius 3 is 2.74 bits per heavy atom. The Balaban J connectivity index is 2.17. The fraction of sp³-hybridized carbons (Fsp3) is 0.647. The third kappa shape index (κ3) is 3.50. The van der Waals surface area contributed by atoms with Gasteiger partial charge in [0.25, 0.3) is 0 Å². The molecule has 0 radical (unpaired) electrons. The summed E-state index contributed by atoms with van der Waals surface area (Å²) in [5.74, 6) is 0.914. The normalized spacial score (nSPS) is 22.1. The molecule has 1 heterocycles. The zero-order chi connectivity index (χ0) is 13.7. The van der Waals surface area contributed by atoms with Crippen molar-refractivity contribution in [1.82, 2.24) is 0 Å². The van der Waals surface area contributed by atoms with Gasteiger partial charge in [0.2, 0.25) is 0 Å². The molecule has 1 aromatic rings. The first-order chi connectivity index (χ1) is 9.26. The Labute approximate surface area is 118 Å². The van der Waals surface area contributed by atoms with Crippen molar-refractivity contribution in [1.29, 1.82) is 0 Å². The van der Waals surface area contributed by atoms with Gasteiger partial charge in [-0.25, -0.2) is 0 Å². The highest BCUT2D eigenvalue weighted by atomic mass is 15.1. The number of benzene rings is 1. The molecule has 0 spiro atoms. The minimum Gasteiger partial charge on any atom is -0.371 e. The highest BCUT2D eigenvalue weighted by molar-refractivity contribution is 5.55. The number of nitrogens with zero attached hydrogens (tertiary/aromatic N) is 1. The molecule has 0 aromatic heterocycles. The summed E-state index contributed by atoms with van der Waals surface area (Å²) in [5, 5.41) is 0. The van der Waals surface area contributed by atoms with Gasteiger partial charge < -0.3 is 10.6 Å². The van der Waals surface area contributed by atoms with Crippen LogP contribution in [-0.4, -0.2) is 13.1 Å². The summed E-state index contributed by atoms with van der Waals surface area (Å²) in [6.07, 6.45) is 6.35. The molecule has 0 bridgehead atoms. The summed E-state index contributed by atoms with van der Waals surface area (Å²) in [5.41, 5.74) is 8.96. The predicted octanol–water partition coefficient (Wildman–Crippen LogP) is 4.11. The van der Waals surface area contributed by atoms with Crippen molar-refractivity contribution >= 4 is 5.69 Å². The van der Waals surface area contributed by atoms with Crippen LogP contribution in [0.1, 0.15) is 57.6 Å². The van der Waals surface area contributed by atoms with Crippen LogP contribution in [0, 0.1) is 5.92 Å². The van der Waals surface area contributed by atoms with Gasteiger partial charge in [-0.3, -0.25) is 0 Å². The second kappa shape index (κ2) is 6.95. The Bertz CT molecular complexity index is 389. The van der Waals surface area contributed by atoms with Crippen molar-refractivity contribution in [3.05, 3.63) is 29.8 Å². The second-order valence-corrected chi connectivity index (χ2v) is 5.77. The zero-order valence-corrected chi connectivity index (χ0v) is 12.4. The minimum atomic E-state index is 0.168. The van der Waals surface area contributed by atoms with Crippen molar-refractivity contribution < 1.29 is 0 Å². The van der Waals surface area contributed by atoms with E-state index in [1.807, 2.05) is 0 Å². The molecule has 1 saturated heterocycles. The molecule has 2 heteroatoms. The predicted molar refractivity (Wildman–Crippen MR) is 83.5 cm³/mol. The van der Waals surface area contributed by atoms with Crippen LogP contribution in [0.3, 0.4) is 0 Å². The summed E-state index contributed by atoms with van der Waals surface area (Å²) in [6.45, 7) is 6.86. The van der Waals surface area contributed by atoms with E-state index >= 15 is 0 Å². The lowest BCUT2D eigenvalue weighted by molar-refractivity contribution is 0.459. The summed E-state index contributed by atoms with van der Waals surface area (Å²) in [7, 11) is 0. The Morgan fingerprint density at radius 1 is 1.21 bits per heavy atom. The number of anilines is 1. The van der Waals surface area contributed by atoms with Crippen molar-refractivity contribution in [2.75, 3.05) is 18.0 Å². The summed E-state index contributed by atoms with van der Waals surface area (Å²) >= 11 is 0. The number of nitrogens with two attached hydrogens (primary N) is 1. The van der Waals surface area contributed by atoms with Crippen molar-refractivity contribution in [2.24, 2.45) is 11.7 Å². The van der Waals surface area contributed by atoms with Gasteiger partial charge in [0.1, 0.15) is 0 Å². The second-order valence-electron chi connectivity index (χ2n) is 5.77. The van der Waals surface area contributed by atoms with Gasteiger partial charge >= 0.3 is 0 Å². The highest BCUT2D eigenvalue weighted by Gasteiger charge is 2.19. The summed E-state index contributed by atoms with van der Waals surface area (Å²) in [4.78, 5) is 2.56. The number of para-hydroxylation sites is 1. The van der Waals surface area contributed by atoms with Gasteiger partial charge in [0, 0.05) is 24.8 Å². The SMILES string of the molecule is CCC1CCCN(c2ccccc2[C@@H](N)CC)CC1. The van der Waals surface area contributed by atoms with Gasteiger partial charge in [-0.1, -0.05) is 38.5 Å². The van der Waals surface area contributed by atoms with E-state index in [0.29, 0.717) is 0 Å². The maximum Gasteiger partial charge on any atom is 0.0414 e. The van der Waals surface area contributed by atoms with Crippen molar-refractivity contribution in [2.45, 2.75) is 52.0 Å². The molecular weight excluding hydrogens is 232 g/mol. The number of rotatable bonds is 4. The van der Waals surface area contributed by atoms with Gasteiger partial charge in [0.15, 0.2) is 0 Å². The van der Waals surface area contributed by atoms with Crippen LogP contribution in [0.25, 0.3) is 0 Å². The van der Waals surface area contributed by atoms with E-state index in [4.69, 9.17) is 5.73 Å². The van der Waals surface area contributed by atoms with E-state index in [-0.39, 0.29) is 6.04 Å². The molecule has 2 nitrogen and oxygen atoms in total. The van der Waals surface area contributed by atoms with E-state index in [2.05, 4.69) is 43.0 Å². The first kappa shape index (κ1) is 14.4. The summed E-state index contributed by atoms with van der Waals surface area (Å²) in [6, 6.07) is 8.87. The molecule has 106 valence electrons. The maximum absolute atomic E-state index is 6.27. The van der Waals surface area contributed by atoms with Crippen LogP contribution in [0.2, 0.25) is 0 Å². The van der Waals surface area contributed by atoms with E-state index in [1.54, 1.807) is 0 Å². The lowest BCUT2D eigenvalue weighted by Crippen LogP contribution is -2.26. The van der Waals surface area contributed by atoms with Gasteiger partial charge in [-0.15, -0.1) is 0 Å². The van der Waals surface area contributed by atoms with Crippen molar-refractivity contribution in [3.63, 3.8) is 0 Å². The largest absolute Gasteiger partial charge is 0.371 e. The van der Waals surface area contributed by atoms with Crippen LogP contribution in [-0.2, 0) is 0 Å². The monoisotopic (exact) mass is 260 g/mol. The van der Waals surface area contributed by atoms with Gasteiger partial charge in [-0.05, 0) is 43.2 Å². The average molecular weight is 260 g/mol. The van der Waals surface area contributed by atoms with Crippen LogP contribution in [0.4, 0.5) is 5.69 Å². The van der Waals surface area contributed by atoms with Crippen LogP contribution >= 0.6 is 0 Å². The molecule has 1 fully saturated rings. The first-order valence-corrected chi connectivity index (χ1v) is 7.85. The van der Waals surface area contributed by atoms with E-state index in [0.717, 1.165) is 12.3 Å². The standard InChI is InChI=1S/C17H28N2/c1-3-14-8-7-12-19(13-11-14)17-10-6-5-9-15(17)16(18)4-2/h5-6,9-10,14,16H,3-4,7-8,11-13,18H2,1-2H3/t14?,16-/m0/s1. The Morgan fingerprint density at radius 2 is 2.00 bits per heavy atom. The zero-order valence-electron chi connectivity index (χ0n) is 12.4. The molecule has 1 aliphatic heterocycles. The fourth-order valence-electron chi connectivity index (χ4n) is 3.12. The van der Waals surface area contributed by atoms with Gasteiger partial charge in [0.05, 0.1) is 0 Å². The number of hydrogen-bond acceptors (Lipinski definition) is 2. The van der Waals surface area contributed by atoms with Crippen LogP contribution in [0.5, 0.6) is 0 Å². The molecular formula is C17H28N2. The van der Waals surface area contributed by atoms with E-state index < -0.39 is 0 Å². The topological polar surface area (TPSA) is 29.3 Å². The molecule has 0 aliphatic carbocycles. The molecule has 2 atom stereocenters. The third-order valence-corrected chi connectivity index (χ3v) is 4.54. The molecule has 2 N–H and O–H groups in total. The lowest BCUT2D eigenvalue weighted by atomic mass is 9.98. The first-order valence-electron chi connectivity index (χ1n) is 7.85. The van der Waals surface area contributed by atoms with Crippen molar-refractivity contribution in [3.8, 4) is 0 Å². The van der Waals surface area contributed by atoms with E-state index in [9.17, 15) is 0 Å². The van der Waals surface area contributed by atoms with Crippen LogP contribution in [0.15, 0.2) is 24.3 Å². The number of hydrogen-bond donors (Lipinski definition) is 1. The lowest BCUT2D eigenvalue weighted by Gasteiger charge is -2.27. The Kier molecular flexibility index (Phi) is 5.26. The molecule has 1 aromatic carbocycles.